The molecule has 0 aliphatic rings. The van der Waals surface area contributed by atoms with Gasteiger partial charge in [0.25, 0.3) is 0 Å². The summed E-state index contributed by atoms with van der Waals surface area (Å²) >= 11 is 0. The van der Waals surface area contributed by atoms with Crippen LogP contribution in [0.3, 0.4) is 0 Å². The van der Waals surface area contributed by atoms with Gasteiger partial charge in [0.1, 0.15) is 6.54 Å². The largest absolute Gasteiger partial charge is 0.480 e. The number of amides is 1. The molecule has 0 aliphatic carbocycles. The molecule has 0 aromatic heterocycles. The molecule has 2 aromatic carbocycles. The van der Waals surface area contributed by atoms with Gasteiger partial charge in [-0.2, -0.15) is 0 Å². The van der Waals surface area contributed by atoms with Crippen LogP contribution in [0.15, 0.2) is 60.7 Å². The molecule has 5 heteroatoms. The van der Waals surface area contributed by atoms with Gasteiger partial charge in [0, 0.05) is 11.4 Å². The smallest absolute Gasteiger partial charge is 0.323 e. The lowest BCUT2D eigenvalue weighted by Crippen LogP contribution is -2.39. The van der Waals surface area contributed by atoms with Crippen LogP contribution < -0.4 is 10.2 Å². The van der Waals surface area contributed by atoms with Gasteiger partial charge in [0.05, 0.1) is 6.54 Å². The first kappa shape index (κ1) is 14.6. The highest BCUT2D eigenvalue weighted by Gasteiger charge is 2.18. The molecule has 0 aliphatic heterocycles. The number of carbonyl (C=O) groups excluding carboxylic acids is 1. The topological polar surface area (TPSA) is 69.6 Å². The molecule has 2 rings (SSSR count). The summed E-state index contributed by atoms with van der Waals surface area (Å²) in [5.74, 6) is -1.35. The molecule has 0 fully saturated rings. The monoisotopic (exact) mass is 284 g/mol. The van der Waals surface area contributed by atoms with Crippen LogP contribution in [0.2, 0.25) is 0 Å². The highest BCUT2D eigenvalue weighted by atomic mass is 16.4. The summed E-state index contributed by atoms with van der Waals surface area (Å²) in [6, 6.07) is 18.1. The van der Waals surface area contributed by atoms with Crippen molar-refractivity contribution in [3.05, 3.63) is 60.7 Å². The summed E-state index contributed by atoms with van der Waals surface area (Å²) in [7, 11) is 0. The first-order chi connectivity index (χ1) is 10.2. The minimum atomic E-state index is -1.05. The number of hydrogen-bond acceptors (Lipinski definition) is 3. The predicted octanol–water partition coefficient (Wildman–Crippen LogP) is 2.22. The Balaban J connectivity index is 2.06. The summed E-state index contributed by atoms with van der Waals surface area (Å²) in [6.07, 6.45) is 0. The molecule has 5 nitrogen and oxygen atoms in total. The lowest BCUT2D eigenvalue weighted by atomic mass is 10.2. The second kappa shape index (κ2) is 7.09. The van der Waals surface area contributed by atoms with Crippen LogP contribution in [0.1, 0.15) is 0 Å². The summed E-state index contributed by atoms with van der Waals surface area (Å²) in [6.45, 7) is -0.328. The quantitative estimate of drug-likeness (QED) is 0.853. The number of carboxylic acid groups (broad SMARTS) is 1. The standard InChI is InChI=1S/C16H16N2O3/c19-15(11-17-13-7-3-1-4-8-13)18(12-16(20)21)14-9-5-2-6-10-14/h1-10,17H,11-12H2,(H,20,21). The number of anilines is 2. The molecule has 108 valence electrons. The third-order valence-electron chi connectivity index (χ3n) is 2.88. The van der Waals surface area contributed by atoms with Gasteiger partial charge in [0.2, 0.25) is 5.91 Å². The van der Waals surface area contributed by atoms with Crippen LogP contribution in [0, 0.1) is 0 Å². The van der Waals surface area contributed by atoms with Crippen LogP contribution in [-0.2, 0) is 9.59 Å². The molecule has 0 radical (unpaired) electrons. The maximum absolute atomic E-state index is 12.3. The number of hydrogen-bond donors (Lipinski definition) is 2. The molecule has 0 heterocycles. The van der Waals surface area contributed by atoms with Crippen LogP contribution in [0.4, 0.5) is 11.4 Å². The number of benzene rings is 2. The highest BCUT2D eigenvalue weighted by molar-refractivity contribution is 5.99. The number of nitrogens with one attached hydrogen (secondary N) is 1. The Hall–Kier alpha value is -2.82. The van der Waals surface area contributed by atoms with Crippen LogP contribution in [-0.4, -0.2) is 30.1 Å². The molecular weight excluding hydrogens is 268 g/mol. The Morgan fingerprint density at radius 2 is 1.52 bits per heavy atom. The third kappa shape index (κ3) is 4.35. The normalized spacial score (nSPS) is 9.90. The average molecular weight is 284 g/mol. The zero-order valence-corrected chi connectivity index (χ0v) is 11.4. The van der Waals surface area contributed by atoms with Crippen LogP contribution >= 0.6 is 0 Å². The maximum Gasteiger partial charge on any atom is 0.323 e. The fourth-order valence-corrected chi connectivity index (χ4v) is 1.90. The van der Waals surface area contributed by atoms with Gasteiger partial charge >= 0.3 is 5.97 Å². The molecule has 0 spiro atoms. The predicted molar refractivity (Wildman–Crippen MR) is 81.4 cm³/mol. The molecule has 0 atom stereocenters. The number of nitrogens with zero attached hydrogens (tertiary/aromatic N) is 1. The second-order valence-corrected chi connectivity index (χ2v) is 4.43. The van der Waals surface area contributed by atoms with Crippen LogP contribution in [0.5, 0.6) is 0 Å². The van der Waals surface area contributed by atoms with Crippen molar-refractivity contribution >= 4 is 23.3 Å². The van der Waals surface area contributed by atoms with E-state index >= 15 is 0 Å². The minimum Gasteiger partial charge on any atom is -0.480 e. The highest BCUT2D eigenvalue weighted by Crippen LogP contribution is 2.13. The Bertz CT molecular complexity index is 599. The van der Waals surface area contributed by atoms with Gasteiger partial charge in [-0.05, 0) is 24.3 Å². The van der Waals surface area contributed by atoms with E-state index in [1.165, 1.54) is 4.90 Å². The van der Waals surface area contributed by atoms with Gasteiger partial charge in [-0.25, -0.2) is 0 Å². The average Bonchev–Trinajstić information content (AvgIpc) is 2.52. The molecule has 1 amide bonds. The van der Waals surface area contributed by atoms with Crippen molar-refractivity contribution in [1.82, 2.24) is 0 Å². The zero-order valence-electron chi connectivity index (χ0n) is 11.4. The number of para-hydroxylation sites is 2. The van der Waals surface area contributed by atoms with Gasteiger partial charge in [-0.1, -0.05) is 36.4 Å². The van der Waals surface area contributed by atoms with Crippen molar-refractivity contribution in [1.29, 1.82) is 0 Å². The summed E-state index contributed by atoms with van der Waals surface area (Å²) in [5.41, 5.74) is 1.38. The summed E-state index contributed by atoms with van der Waals surface area (Å²) in [5, 5.41) is 11.9. The van der Waals surface area contributed by atoms with E-state index in [0.717, 1.165) is 5.69 Å². The molecule has 2 N–H and O–H groups in total. The van der Waals surface area contributed by atoms with E-state index in [1.54, 1.807) is 24.3 Å². The minimum absolute atomic E-state index is 0.0339. The lowest BCUT2D eigenvalue weighted by Gasteiger charge is -2.21. The number of carbonyl (C=O) groups is 2. The molecule has 0 bridgehead atoms. The van der Waals surface area contributed by atoms with E-state index in [1.807, 2.05) is 36.4 Å². The fourth-order valence-electron chi connectivity index (χ4n) is 1.90. The molecule has 0 unspecified atom stereocenters. The van der Waals surface area contributed by atoms with Crippen molar-refractivity contribution < 1.29 is 14.7 Å². The summed E-state index contributed by atoms with van der Waals surface area (Å²) < 4.78 is 0. The van der Waals surface area contributed by atoms with E-state index in [9.17, 15) is 9.59 Å². The Morgan fingerprint density at radius 1 is 0.952 bits per heavy atom. The van der Waals surface area contributed by atoms with E-state index in [2.05, 4.69) is 5.32 Å². The SMILES string of the molecule is O=C(O)CN(C(=O)CNc1ccccc1)c1ccccc1. The fraction of sp³-hybridized carbons (Fsp3) is 0.125. The van der Waals surface area contributed by atoms with Gasteiger partial charge in [-0.3, -0.25) is 14.5 Å². The molecule has 0 saturated heterocycles. The zero-order chi connectivity index (χ0) is 15.1. The van der Waals surface area contributed by atoms with Crippen molar-refractivity contribution in [2.75, 3.05) is 23.3 Å². The molecule has 21 heavy (non-hydrogen) atoms. The Kier molecular flexibility index (Phi) is 4.93. The van der Waals surface area contributed by atoms with Crippen LogP contribution in [0.25, 0.3) is 0 Å². The van der Waals surface area contributed by atoms with Crippen molar-refractivity contribution in [2.24, 2.45) is 0 Å². The molecular formula is C16H16N2O3. The first-order valence-corrected chi connectivity index (χ1v) is 6.53. The maximum atomic E-state index is 12.3. The number of rotatable bonds is 6. The second-order valence-electron chi connectivity index (χ2n) is 4.43. The Labute approximate surface area is 122 Å². The third-order valence-corrected chi connectivity index (χ3v) is 2.88. The van der Waals surface area contributed by atoms with Gasteiger partial charge in [-0.15, -0.1) is 0 Å². The lowest BCUT2D eigenvalue weighted by molar-refractivity contribution is -0.136. The van der Waals surface area contributed by atoms with Gasteiger partial charge < -0.3 is 10.4 Å². The molecule has 2 aromatic rings. The van der Waals surface area contributed by atoms with E-state index in [-0.39, 0.29) is 19.0 Å². The summed E-state index contributed by atoms with van der Waals surface area (Å²) in [4.78, 5) is 24.4. The number of carboxylic acids is 1. The van der Waals surface area contributed by atoms with Crippen molar-refractivity contribution in [3.63, 3.8) is 0 Å². The molecule has 0 saturated carbocycles. The Morgan fingerprint density at radius 3 is 2.10 bits per heavy atom. The van der Waals surface area contributed by atoms with E-state index < -0.39 is 5.97 Å². The first-order valence-electron chi connectivity index (χ1n) is 6.53. The number of aliphatic carboxylic acids is 1. The van der Waals surface area contributed by atoms with E-state index in [4.69, 9.17) is 5.11 Å². The van der Waals surface area contributed by atoms with E-state index in [0.29, 0.717) is 5.69 Å². The van der Waals surface area contributed by atoms with Crippen molar-refractivity contribution in [3.8, 4) is 0 Å². The van der Waals surface area contributed by atoms with Gasteiger partial charge in [0.15, 0.2) is 0 Å². The van der Waals surface area contributed by atoms with Crippen molar-refractivity contribution in [2.45, 2.75) is 0 Å².